The fourth-order valence-corrected chi connectivity index (χ4v) is 6.17. The number of ether oxygens (including phenoxy) is 2. The summed E-state index contributed by atoms with van der Waals surface area (Å²) in [5.41, 5.74) is 6.81. The standard InChI is InChI=1S/C32H33N3O4S/c1-18(2)39-31(37)28-21(5)33-32-35(29(28)23-10-14-26(38-7)15-11-23)30(36)27(40-32)17-24-16-20(4)34(22(24)6)25-12-8-19(3)9-13-25/h8-18,29H,1-7H3/b27-17-/t29-/m0/s1. The third-order valence-electron chi connectivity index (χ3n) is 7.06. The van der Waals surface area contributed by atoms with Crippen molar-refractivity contribution in [3.05, 3.63) is 114 Å². The molecule has 0 bridgehead atoms. The molecule has 0 N–H and O–H groups in total. The number of hydrogen-bond acceptors (Lipinski definition) is 6. The molecular weight excluding hydrogens is 522 g/mol. The van der Waals surface area contributed by atoms with E-state index in [0.29, 0.717) is 26.4 Å². The molecule has 4 aromatic rings. The molecule has 7 nitrogen and oxygen atoms in total. The summed E-state index contributed by atoms with van der Waals surface area (Å²) in [5.74, 6) is 0.208. The summed E-state index contributed by atoms with van der Waals surface area (Å²) in [7, 11) is 1.60. The van der Waals surface area contributed by atoms with E-state index in [1.54, 1.807) is 32.4 Å². The van der Waals surface area contributed by atoms with Crippen LogP contribution in [0.15, 0.2) is 75.7 Å². The van der Waals surface area contributed by atoms with Gasteiger partial charge in [-0.05, 0) is 89.1 Å². The summed E-state index contributed by atoms with van der Waals surface area (Å²) in [6.45, 7) is 11.6. The normalized spacial score (nSPS) is 15.3. The number of methoxy groups -OCH3 is 1. The fraction of sp³-hybridized carbons (Fsp3) is 0.281. The molecule has 3 heterocycles. The lowest BCUT2D eigenvalue weighted by Crippen LogP contribution is -2.40. The Bertz CT molecular complexity index is 1800. The first-order valence-corrected chi connectivity index (χ1v) is 14.0. The van der Waals surface area contributed by atoms with Gasteiger partial charge in [-0.3, -0.25) is 9.36 Å². The Morgan fingerprint density at radius 2 is 1.70 bits per heavy atom. The van der Waals surface area contributed by atoms with E-state index >= 15 is 0 Å². The number of benzene rings is 2. The molecule has 0 amide bonds. The lowest BCUT2D eigenvalue weighted by Gasteiger charge is -2.25. The third-order valence-corrected chi connectivity index (χ3v) is 8.05. The van der Waals surface area contributed by atoms with Gasteiger partial charge in [-0.2, -0.15) is 0 Å². The minimum Gasteiger partial charge on any atom is -0.497 e. The van der Waals surface area contributed by atoms with Gasteiger partial charge in [-0.1, -0.05) is 41.2 Å². The monoisotopic (exact) mass is 555 g/mol. The van der Waals surface area contributed by atoms with Crippen LogP contribution >= 0.6 is 11.3 Å². The van der Waals surface area contributed by atoms with E-state index in [2.05, 4.69) is 55.7 Å². The van der Waals surface area contributed by atoms with E-state index in [1.165, 1.54) is 16.9 Å². The van der Waals surface area contributed by atoms with Gasteiger partial charge < -0.3 is 14.0 Å². The van der Waals surface area contributed by atoms with Crippen LogP contribution in [0.5, 0.6) is 5.75 Å². The Balaban J connectivity index is 1.67. The largest absolute Gasteiger partial charge is 0.497 e. The van der Waals surface area contributed by atoms with Crippen molar-refractivity contribution in [1.82, 2.24) is 9.13 Å². The van der Waals surface area contributed by atoms with Crippen LogP contribution in [0.2, 0.25) is 0 Å². The van der Waals surface area contributed by atoms with E-state index in [-0.39, 0.29) is 11.7 Å². The Labute approximate surface area is 237 Å². The molecule has 0 radical (unpaired) electrons. The highest BCUT2D eigenvalue weighted by Gasteiger charge is 2.33. The van der Waals surface area contributed by atoms with Gasteiger partial charge in [0.15, 0.2) is 4.80 Å². The van der Waals surface area contributed by atoms with Gasteiger partial charge in [-0.25, -0.2) is 9.79 Å². The first kappa shape index (κ1) is 27.4. The predicted molar refractivity (Wildman–Crippen MR) is 158 cm³/mol. The number of nitrogens with zero attached hydrogens (tertiary/aromatic N) is 3. The molecule has 1 aliphatic heterocycles. The zero-order valence-electron chi connectivity index (χ0n) is 23.8. The number of rotatable bonds is 6. The van der Waals surface area contributed by atoms with Crippen molar-refractivity contribution in [3.63, 3.8) is 0 Å². The van der Waals surface area contributed by atoms with Crippen LogP contribution in [0.1, 0.15) is 54.9 Å². The van der Waals surface area contributed by atoms with Crippen molar-refractivity contribution in [2.24, 2.45) is 4.99 Å². The number of carbonyl (C=O) groups is 1. The van der Waals surface area contributed by atoms with Gasteiger partial charge in [0.25, 0.3) is 5.56 Å². The van der Waals surface area contributed by atoms with Crippen molar-refractivity contribution in [3.8, 4) is 11.4 Å². The Morgan fingerprint density at radius 1 is 1.02 bits per heavy atom. The van der Waals surface area contributed by atoms with Crippen LogP contribution in [-0.2, 0) is 9.53 Å². The Morgan fingerprint density at radius 3 is 2.33 bits per heavy atom. The molecule has 5 rings (SSSR count). The number of fused-ring (bicyclic) bond motifs is 1. The first-order valence-electron chi connectivity index (χ1n) is 13.2. The second kappa shape index (κ2) is 10.8. The maximum absolute atomic E-state index is 14.0. The second-order valence-corrected chi connectivity index (χ2v) is 11.3. The lowest BCUT2D eigenvalue weighted by atomic mass is 9.96. The van der Waals surface area contributed by atoms with Crippen LogP contribution in [0, 0.1) is 20.8 Å². The number of aryl methyl sites for hydroxylation is 2. The number of thiazole rings is 1. The van der Waals surface area contributed by atoms with Crippen molar-refractivity contribution >= 4 is 23.4 Å². The van der Waals surface area contributed by atoms with E-state index < -0.39 is 12.0 Å². The van der Waals surface area contributed by atoms with Crippen LogP contribution in [0.3, 0.4) is 0 Å². The molecule has 1 atom stereocenters. The molecule has 2 aromatic carbocycles. The second-order valence-electron chi connectivity index (χ2n) is 10.3. The summed E-state index contributed by atoms with van der Waals surface area (Å²) in [4.78, 5) is 32.6. The Hall–Kier alpha value is -4.17. The van der Waals surface area contributed by atoms with E-state index in [9.17, 15) is 9.59 Å². The quantitative estimate of drug-likeness (QED) is 0.317. The van der Waals surface area contributed by atoms with Gasteiger partial charge in [0.1, 0.15) is 5.75 Å². The molecule has 8 heteroatoms. The minimum atomic E-state index is -0.671. The number of aromatic nitrogens is 2. The maximum atomic E-state index is 14.0. The average molecular weight is 556 g/mol. The molecule has 0 fully saturated rings. The zero-order chi connectivity index (χ0) is 28.7. The zero-order valence-corrected chi connectivity index (χ0v) is 24.6. The molecule has 0 saturated carbocycles. The first-order chi connectivity index (χ1) is 19.1. The van der Waals surface area contributed by atoms with E-state index in [4.69, 9.17) is 14.5 Å². The summed E-state index contributed by atoms with van der Waals surface area (Å²) in [5, 5.41) is 0. The number of allylic oxidation sites excluding steroid dienone is 1. The highest BCUT2D eigenvalue weighted by molar-refractivity contribution is 7.07. The fourth-order valence-electron chi connectivity index (χ4n) is 5.13. The summed E-state index contributed by atoms with van der Waals surface area (Å²) >= 11 is 1.32. The number of carbonyl (C=O) groups excluding carboxylic acids is 1. The molecule has 40 heavy (non-hydrogen) atoms. The summed E-state index contributed by atoms with van der Waals surface area (Å²) in [6, 6.07) is 17.2. The molecule has 1 aliphatic rings. The molecule has 2 aromatic heterocycles. The van der Waals surface area contributed by atoms with E-state index in [0.717, 1.165) is 28.2 Å². The number of hydrogen-bond donors (Lipinski definition) is 0. The van der Waals surface area contributed by atoms with Gasteiger partial charge >= 0.3 is 5.97 Å². The van der Waals surface area contributed by atoms with Gasteiger partial charge in [0.2, 0.25) is 0 Å². The summed E-state index contributed by atoms with van der Waals surface area (Å²) in [6.07, 6.45) is 1.62. The van der Waals surface area contributed by atoms with Crippen LogP contribution in [0.25, 0.3) is 11.8 Å². The third kappa shape index (κ3) is 4.95. The molecular formula is C32H33N3O4S. The van der Waals surface area contributed by atoms with Crippen LogP contribution in [0.4, 0.5) is 0 Å². The van der Waals surface area contributed by atoms with Gasteiger partial charge in [0.05, 0.1) is 35.1 Å². The minimum absolute atomic E-state index is 0.202. The van der Waals surface area contributed by atoms with Crippen LogP contribution < -0.4 is 19.6 Å². The number of esters is 1. The molecule has 0 saturated heterocycles. The predicted octanol–water partition coefficient (Wildman–Crippen LogP) is 4.91. The van der Waals surface area contributed by atoms with Gasteiger partial charge in [-0.15, -0.1) is 0 Å². The van der Waals surface area contributed by atoms with Crippen molar-refractivity contribution in [2.45, 2.75) is 53.7 Å². The highest BCUT2D eigenvalue weighted by Crippen LogP contribution is 2.32. The molecule has 206 valence electrons. The van der Waals surface area contributed by atoms with E-state index in [1.807, 2.05) is 30.3 Å². The lowest BCUT2D eigenvalue weighted by molar-refractivity contribution is -0.143. The summed E-state index contributed by atoms with van der Waals surface area (Å²) < 4.78 is 15.3. The average Bonchev–Trinajstić information content (AvgIpc) is 3.37. The topological polar surface area (TPSA) is 74.8 Å². The molecule has 0 aliphatic carbocycles. The highest BCUT2D eigenvalue weighted by atomic mass is 32.1. The van der Waals surface area contributed by atoms with Crippen molar-refractivity contribution < 1.29 is 14.3 Å². The maximum Gasteiger partial charge on any atom is 0.338 e. The smallest absolute Gasteiger partial charge is 0.338 e. The molecule has 0 spiro atoms. The van der Waals surface area contributed by atoms with Crippen LogP contribution in [-0.4, -0.2) is 28.3 Å². The SMILES string of the molecule is COc1ccc([C@H]2C(C(=O)OC(C)C)=C(C)N=c3s/c(=C\c4cc(C)n(-c5ccc(C)cc5)c4C)c(=O)n32)cc1. The molecule has 0 unspecified atom stereocenters. The van der Waals surface area contributed by atoms with Crippen molar-refractivity contribution in [2.75, 3.05) is 7.11 Å². The Kier molecular flexibility index (Phi) is 7.38. The van der Waals surface area contributed by atoms with Gasteiger partial charge in [0, 0.05) is 17.1 Å². The van der Waals surface area contributed by atoms with Crippen molar-refractivity contribution in [1.29, 1.82) is 0 Å².